The summed E-state index contributed by atoms with van der Waals surface area (Å²) < 4.78 is 42.9. The third-order valence-corrected chi connectivity index (χ3v) is 3.74. The van der Waals surface area contributed by atoms with Gasteiger partial charge in [0.05, 0.1) is 11.1 Å². The Morgan fingerprint density at radius 2 is 1.84 bits per heavy atom. The summed E-state index contributed by atoms with van der Waals surface area (Å²) in [4.78, 5) is 15.2. The van der Waals surface area contributed by atoms with Crippen LogP contribution in [0.3, 0.4) is 0 Å². The summed E-state index contributed by atoms with van der Waals surface area (Å²) in [6, 6.07) is 9.41. The maximum atomic E-state index is 12.6. The summed E-state index contributed by atoms with van der Waals surface area (Å²) in [5, 5.41) is 9.14. The SMILES string of the molecule is O=C(O)c1ccc(Cc2ccc(C(F)(F)F)cc2)c(-c2cocn2)c1. The van der Waals surface area contributed by atoms with Gasteiger partial charge in [-0.3, -0.25) is 0 Å². The van der Waals surface area contributed by atoms with E-state index in [0.717, 1.165) is 17.7 Å². The number of hydrogen-bond acceptors (Lipinski definition) is 3. The second-order valence-electron chi connectivity index (χ2n) is 5.42. The van der Waals surface area contributed by atoms with Gasteiger partial charge in [-0.15, -0.1) is 0 Å². The van der Waals surface area contributed by atoms with E-state index in [1.54, 1.807) is 6.07 Å². The number of alkyl halides is 3. The molecule has 0 bridgehead atoms. The first-order chi connectivity index (χ1) is 11.8. The topological polar surface area (TPSA) is 63.3 Å². The summed E-state index contributed by atoms with van der Waals surface area (Å²) >= 11 is 0. The largest absolute Gasteiger partial charge is 0.478 e. The fourth-order valence-corrected chi connectivity index (χ4v) is 2.48. The van der Waals surface area contributed by atoms with Crippen molar-refractivity contribution >= 4 is 5.97 Å². The second kappa shape index (κ2) is 6.43. The van der Waals surface area contributed by atoms with Gasteiger partial charge in [-0.05, 0) is 41.8 Å². The molecule has 7 heteroatoms. The molecule has 0 spiro atoms. The van der Waals surface area contributed by atoms with Gasteiger partial charge in [-0.1, -0.05) is 18.2 Å². The van der Waals surface area contributed by atoms with Crippen LogP contribution in [0.2, 0.25) is 0 Å². The molecule has 0 radical (unpaired) electrons. The molecule has 0 aliphatic carbocycles. The fraction of sp³-hybridized carbons (Fsp3) is 0.111. The normalized spacial score (nSPS) is 11.5. The Hall–Kier alpha value is -3.09. The van der Waals surface area contributed by atoms with Crippen LogP contribution in [0.5, 0.6) is 0 Å². The molecule has 0 saturated heterocycles. The molecule has 0 aliphatic rings. The summed E-state index contributed by atoms with van der Waals surface area (Å²) in [5.41, 5.74) is 1.81. The molecule has 0 atom stereocenters. The van der Waals surface area contributed by atoms with Crippen molar-refractivity contribution in [2.45, 2.75) is 12.6 Å². The molecule has 1 N–H and O–H groups in total. The molecule has 0 amide bonds. The van der Waals surface area contributed by atoms with Crippen LogP contribution in [0.1, 0.15) is 27.0 Å². The van der Waals surface area contributed by atoms with Crippen LogP contribution in [-0.4, -0.2) is 16.1 Å². The van der Waals surface area contributed by atoms with Crippen LogP contribution in [0.15, 0.2) is 59.5 Å². The number of nitrogens with zero attached hydrogens (tertiary/aromatic N) is 1. The van der Waals surface area contributed by atoms with Crippen LogP contribution >= 0.6 is 0 Å². The van der Waals surface area contributed by atoms with Gasteiger partial charge < -0.3 is 9.52 Å². The lowest BCUT2D eigenvalue weighted by Gasteiger charge is -2.11. The zero-order chi connectivity index (χ0) is 18.0. The van der Waals surface area contributed by atoms with Gasteiger partial charge in [0.25, 0.3) is 0 Å². The van der Waals surface area contributed by atoms with Gasteiger partial charge in [0.15, 0.2) is 6.39 Å². The fourth-order valence-electron chi connectivity index (χ4n) is 2.48. The monoisotopic (exact) mass is 347 g/mol. The number of carboxylic acids is 1. The first-order valence-corrected chi connectivity index (χ1v) is 7.25. The van der Waals surface area contributed by atoms with Crippen molar-refractivity contribution in [3.63, 3.8) is 0 Å². The molecule has 4 nitrogen and oxygen atoms in total. The van der Waals surface area contributed by atoms with Gasteiger partial charge >= 0.3 is 12.1 Å². The number of oxazole rings is 1. The highest BCUT2D eigenvalue weighted by atomic mass is 19.4. The lowest BCUT2D eigenvalue weighted by atomic mass is 9.95. The van der Waals surface area contributed by atoms with Crippen molar-refractivity contribution in [1.29, 1.82) is 0 Å². The highest BCUT2D eigenvalue weighted by Gasteiger charge is 2.29. The highest BCUT2D eigenvalue weighted by molar-refractivity contribution is 5.89. The molecule has 3 aromatic rings. The quantitative estimate of drug-likeness (QED) is 0.746. The lowest BCUT2D eigenvalue weighted by molar-refractivity contribution is -0.137. The Kier molecular flexibility index (Phi) is 4.31. The minimum atomic E-state index is -4.38. The molecule has 25 heavy (non-hydrogen) atoms. The van der Waals surface area contributed by atoms with Crippen molar-refractivity contribution < 1.29 is 27.5 Å². The summed E-state index contributed by atoms with van der Waals surface area (Å²) in [5.74, 6) is -1.08. The predicted octanol–water partition coefficient (Wildman–Crippen LogP) is 4.65. The minimum Gasteiger partial charge on any atom is -0.478 e. The number of hydrogen-bond donors (Lipinski definition) is 1. The van der Waals surface area contributed by atoms with Crippen LogP contribution < -0.4 is 0 Å². The Morgan fingerprint density at radius 3 is 2.40 bits per heavy atom. The Morgan fingerprint density at radius 1 is 1.12 bits per heavy atom. The predicted molar refractivity (Wildman–Crippen MR) is 83.1 cm³/mol. The molecule has 1 heterocycles. The maximum Gasteiger partial charge on any atom is 0.416 e. The van der Waals surface area contributed by atoms with E-state index >= 15 is 0 Å². The number of halogens is 3. The molecule has 2 aromatic carbocycles. The van der Waals surface area contributed by atoms with Gasteiger partial charge in [0.2, 0.25) is 0 Å². The summed E-state index contributed by atoms with van der Waals surface area (Å²) in [7, 11) is 0. The Bertz CT molecular complexity index is 885. The zero-order valence-electron chi connectivity index (χ0n) is 12.7. The van der Waals surface area contributed by atoms with Crippen LogP contribution in [0.4, 0.5) is 13.2 Å². The molecule has 0 fully saturated rings. The van der Waals surface area contributed by atoms with Crippen LogP contribution in [0.25, 0.3) is 11.3 Å². The third kappa shape index (κ3) is 3.71. The molecule has 3 rings (SSSR count). The molecular formula is C18H12F3NO3. The number of rotatable bonds is 4. The van der Waals surface area contributed by atoms with Crippen molar-refractivity contribution in [2.24, 2.45) is 0 Å². The minimum absolute atomic E-state index is 0.0918. The van der Waals surface area contributed by atoms with E-state index in [9.17, 15) is 18.0 Å². The van der Waals surface area contributed by atoms with Gasteiger partial charge in [-0.25, -0.2) is 9.78 Å². The first-order valence-electron chi connectivity index (χ1n) is 7.25. The summed E-state index contributed by atoms with van der Waals surface area (Å²) in [6.07, 6.45) is -1.43. The second-order valence-corrected chi connectivity index (χ2v) is 5.42. The average Bonchev–Trinajstić information content (AvgIpc) is 3.09. The van der Waals surface area contributed by atoms with Gasteiger partial charge in [-0.2, -0.15) is 13.2 Å². The van der Waals surface area contributed by atoms with Crippen LogP contribution in [-0.2, 0) is 12.6 Å². The standard InChI is InChI=1S/C18H12F3NO3/c19-18(20,21)14-5-1-11(2-6-14)7-12-3-4-13(17(23)24)8-15(12)16-9-25-10-22-16/h1-6,8-10H,7H2,(H,23,24). The van der Waals surface area contributed by atoms with Crippen LogP contribution in [0, 0.1) is 0 Å². The molecule has 1 aromatic heterocycles. The molecule has 128 valence electrons. The number of aromatic nitrogens is 1. The zero-order valence-corrected chi connectivity index (χ0v) is 12.7. The molecule has 0 unspecified atom stereocenters. The maximum absolute atomic E-state index is 12.6. The van der Waals surface area contributed by atoms with E-state index in [1.807, 2.05) is 0 Å². The number of carbonyl (C=O) groups is 1. The summed E-state index contributed by atoms with van der Waals surface area (Å²) in [6.45, 7) is 0. The van der Waals surface area contributed by atoms with E-state index < -0.39 is 17.7 Å². The highest BCUT2D eigenvalue weighted by Crippen LogP contribution is 2.30. The van der Waals surface area contributed by atoms with E-state index in [1.165, 1.54) is 36.9 Å². The molecular weight excluding hydrogens is 335 g/mol. The first kappa shape index (κ1) is 16.8. The van der Waals surface area contributed by atoms with Crippen molar-refractivity contribution in [3.05, 3.63) is 77.4 Å². The van der Waals surface area contributed by atoms with E-state index in [4.69, 9.17) is 9.52 Å². The number of aromatic carboxylic acids is 1. The Balaban J connectivity index is 1.96. The average molecular weight is 347 g/mol. The molecule has 0 aliphatic heterocycles. The Labute approximate surface area is 140 Å². The number of benzene rings is 2. The van der Waals surface area contributed by atoms with Crippen molar-refractivity contribution in [2.75, 3.05) is 0 Å². The van der Waals surface area contributed by atoms with Gasteiger partial charge in [0.1, 0.15) is 12.0 Å². The van der Waals surface area contributed by atoms with E-state index in [-0.39, 0.29) is 5.56 Å². The number of carboxylic acid groups (broad SMARTS) is 1. The smallest absolute Gasteiger partial charge is 0.416 e. The van der Waals surface area contributed by atoms with E-state index in [0.29, 0.717) is 23.2 Å². The van der Waals surface area contributed by atoms with E-state index in [2.05, 4.69) is 4.98 Å². The lowest BCUT2D eigenvalue weighted by Crippen LogP contribution is -2.04. The third-order valence-electron chi connectivity index (χ3n) is 3.74. The van der Waals surface area contributed by atoms with Crippen molar-refractivity contribution in [1.82, 2.24) is 4.98 Å². The van der Waals surface area contributed by atoms with Gasteiger partial charge in [0, 0.05) is 5.56 Å². The molecule has 0 saturated carbocycles. The van der Waals surface area contributed by atoms with Crippen molar-refractivity contribution in [3.8, 4) is 11.3 Å².